The number of rotatable bonds is 12. The number of thioether (sulfide) groups is 2. The first kappa shape index (κ1) is 26.3. The van der Waals surface area contributed by atoms with Crippen molar-refractivity contribution in [3.63, 3.8) is 0 Å². The lowest BCUT2D eigenvalue weighted by molar-refractivity contribution is 0.0932. The fraction of sp³-hybridized carbons (Fsp3) is 0.333. The fourth-order valence-electron chi connectivity index (χ4n) is 3.30. The van der Waals surface area contributed by atoms with Crippen LogP contribution in [0.4, 0.5) is 0 Å². The number of nitrogens with one attached hydrogen (secondary N) is 1. The number of hydrogen-bond donors (Lipinski definition) is 1. The summed E-state index contributed by atoms with van der Waals surface area (Å²) in [5.74, 6) is 2.34. The van der Waals surface area contributed by atoms with Crippen LogP contribution in [0.2, 0.25) is 0 Å². The van der Waals surface area contributed by atoms with Gasteiger partial charge in [0.2, 0.25) is 0 Å². The molecule has 0 unspecified atom stereocenters. The third kappa shape index (κ3) is 6.86. The Hall–Kier alpha value is -2.30. The Balaban J connectivity index is 1.75. The van der Waals surface area contributed by atoms with Crippen LogP contribution < -0.4 is 10.1 Å². The van der Waals surface area contributed by atoms with Crippen LogP contribution in [0.25, 0.3) is 0 Å². The predicted molar refractivity (Wildman–Crippen MR) is 141 cm³/mol. The summed E-state index contributed by atoms with van der Waals surface area (Å²) in [5, 5.41) is 12.5. The van der Waals surface area contributed by atoms with Gasteiger partial charge in [-0.25, -0.2) is 0 Å². The van der Waals surface area contributed by atoms with E-state index < -0.39 is 0 Å². The number of carbonyl (C=O) groups excluding carboxylic acids is 2. The van der Waals surface area contributed by atoms with Gasteiger partial charge < -0.3 is 14.6 Å². The third-order valence-corrected chi connectivity index (χ3v) is 7.28. The molecule has 1 atom stereocenters. The molecule has 0 aliphatic rings. The van der Waals surface area contributed by atoms with Crippen LogP contribution in [0, 0.1) is 0 Å². The van der Waals surface area contributed by atoms with Gasteiger partial charge >= 0.3 is 0 Å². The van der Waals surface area contributed by atoms with E-state index in [1.165, 1.54) is 11.8 Å². The zero-order chi connectivity index (χ0) is 24.5. The Bertz CT molecular complexity index is 1100. The van der Waals surface area contributed by atoms with Gasteiger partial charge in [0.1, 0.15) is 5.75 Å². The van der Waals surface area contributed by atoms with Crippen molar-refractivity contribution in [1.82, 2.24) is 20.1 Å². The van der Waals surface area contributed by atoms with E-state index in [2.05, 4.69) is 31.4 Å². The molecule has 1 aromatic heterocycles. The standard InChI is InChI=1S/C24H27BrN4O3S2/c1-4-29-22(27-28-24(29)34-15-21(30)16-5-9-18(25)10-6-16)20(13-14-33-3)26-23(31)17-7-11-19(32-2)12-8-17/h5-12,20H,4,13-15H2,1-3H3,(H,26,31)/t20-/m0/s1. The molecule has 2 aromatic carbocycles. The summed E-state index contributed by atoms with van der Waals surface area (Å²) in [7, 11) is 1.59. The largest absolute Gasteiger partial charge is 0.497 e. The van der Waals surface area contributed by atoms with Gasteiger partial charge in [0.15, 0.2) is 16.8 Å². The summed E-state index contributed by atoms with van der Waals surface area (Å²) >= 11 is 6.45. The maximum Gasteiger partial charge on any atom is 0.251 e. The molecule has 3 aromatic rings. The van der Waals surface area contributed by atoms with Crippen molar-refractivity contribution < 1.29 is 14.3 Å². The summed E-state index contributed by atoms with van der Waals surface area (Å²) in [5.41, 5.74) is 1.20. The van der Waals surface area contributed by atoms with Gasteiger partial charge in [0.05, 0.1) is 18.9 Å². The normalized spacial score (nSPS) is 11.8. The molecule has 1 N–H and O–H groups in total. The van der Waals surface area contributed by atoms with Crippen LogP contribution in [0.3, 0.4) is 0 Å². The average Bonchev–Trinajstić information content (AvgIpc) is 3.28. The van der Waals surface area contributed by atoms with E-state index in [9.17, 15) is 9.59 Å². The lowest BCUT2D eigenvalue weighted by atomic mass is 10.1. The second-order valence-electron chi connectivity index (χ2n) is 7.34. The Morgan fingerprint density at radius 3 is 2.38 bits per heavy atom. The van der Waals surface area contributed by atoms with Gasteiger partial charge in [-0.1, -0.05) is 39.8 Å². The highest BCUT2D eigenvalue weighted by molar-refractivity contribution is 9.10. The molecule has 10 heteroatoms. The Morgan fingerprint density at radius 1 is 1.09 bits per heavy atom. The van der Waals surface area contributed by atoms with Gasteiger partial charge in [-0.2, -0.15) is 11.8 Å². The van der Waals surface area contributed by atoms with E-state index >= 15 is 0 Å². The Labute approximate surface area is 216 Å². The number of methoxy groups -OCH3 is 1. The van der Waals surface area contributed by atoms with Crippen molar-refractivity contribution >= 4 is 51.1 Å². The van der Waals surface area contributed by atoms with Crippen molar-refractivity contribution in [3.05, 3.63) is 70.0 Å². The monoisotopic (exact) mass is 562 g/mol. The molecule has 3 rings (SSSR count). The summed E-state index contributed by atoms with van der Waals surface area (Å²) < 4.78 is 8.08. The second-order valence-corrected chi connectivity index (χ2v) is 10.2. The number of aromatic nitrogens is 3. The molecule has 34 heavy (non-hydrogen) atoms. The van der Waals surface area contributed by atoms with Crippen molar-refractivity contribution in [1.29, 1.82) is 0 Å². The Kier molecular flexibility index (Phi) is 10.0. The zero-order valence-electron chi connectivity index (χ0n) is 19.3. The lowest BCUT2D eigenvalue weighted by Gasteiger charge is -2.19. The molecule has 1 amide bonds. The summed E-state index contributed by atoms with van der Waals surface area (Å²) in [4.78, 5) is 25.5. The average molecular weight is 564 g/mol. The van der Waals surface area contributed by atoms with Crippen molar-refractivity contribution in [2.24, 2.45) is 0 Å². The highest BCUT2D eigenvalue weighted by Gasteiger charge is 2.23. The summed E-state index contributed by atoms with van der Waals surface area (Å²) in [6.45, 7) is 2.63. The van der Waals surface area contributed by atoms with E-state index in [0.717, 1.165) is 10.2 Å². The van der Waals surface area contributed by atoms with Crippen molar-refractivity contribution in [2.75, 3.05) is 24.9 Å². The van der Waals surface area contributed by atoms with Gasteiger partial charge in [0.25, 0.3) is 5.91 Å². The van der Waals surface area contributed by atoms with Gasteiger partial charge in [-0.3, -0.25) is 9.59 Å². The first-order chi connectivity index (χ1) is 16.5. The first-order valence-electron chi connectivity index (χ1n) is 10.7. The van der Waals surface area contributed by atoms with Crippen LogP contribution in [0.15, 0.2) is 58.2 Å². The molecule has 0 bridgehead atoms. The minimum atomic E-state index is -0.300. The van der Waals surface area contributed by atoms with E-state index in [4.69, 9.17) is 4.74 Å². The smallest absolute Gasteiger partial charge is 0.251 e. The molecule has 0 saturated heterocycles. The Morgan fingerprint density at radius 2 is 1.76 bits per heavy atom. The maximum atomic E-state index is 12.9. The third-order valence-electron chi connectivity index (χ3n) is 5.14. The van der Waals surface area contributed by atoms with Crippen LogP contribution in [0.1, 0.15) is 45.9 Å². The molecule has 7 nitrogen and oxygen atoms in total. The topological polar surface area (TPSA) is 86.1 Å². The molecular formula is C24H27BrN4O3S2. The van der Waals surface area contributed by atoms with Crippen molar-refractivity contribution in [2.45, 2.75) is 31.1 Å². The summed E-state index contributed by atoms with van der Waals surface area (Å²) in [6, 6.07) is 14.0. The van der Waals surface area contributed by atoms with Gasteiger partial charge in [-0.05, 0) is 61.8 Å². The maximum absolute atomic E-state index is 12.9. The van der Waals surface area contributed by atoms with Crippen molar-refractivity contribution in [3.8, 4) is 5.75 Å². The number of nitrogens with zero attached hydrogens (tertiary/aromatic N) is 3. The van der Waals surface area contributed by atoms with E-state index in [0.29, 0.717) is 40.8 Å². The quantitative estimate of drug-likeness (QED) is 0.237. The molecule has 0 radical (unpaired) electrons. The minimum Gasteiger partial charge on any atom is -0.497 e. The number of halogens is 1. The molecule has 180 valence electrons. The number of hydrogen-bond acceptors (Lipinski definition) is 7. The van der Waals surface area contributed by atoms with Gasteiger partial charge in [0, 0.05) is 22.1 Å². The molecule has 0 saturated carbocycles. The van der Waals surface area contributed by atoms with Crippen LogP contribution in [0.5, 0.6) is 5.75 Å². The zero-order valence-corrected chi connectivity index (χ0v) is 22.5. The number of ether oxygens (including phenoxy) is 1. The van der Waals surface area contributed by atoms with E-state index in [1.54, 1.807) is 55.3 Å². The molecule has 0 spiro atoms. The van der Waals surface area contributed by atoms with Gasteiger partial charge in [-0.15, -0.1) is 10.2 Å². The first-order valence-corrected chi connectivity index (χ1v) is 13.9. The van der Waals surface area contributed by atoms with Crippen LogP contribution >= 0.6 is 39.5 Å². The molecule has 0 fully saturated rings. The van der Waals surface area contributed by atoms with Crippen LogP contribution in [-0.2, 0) is 6.54 Å². The number of Topliss-reactive ketones (excluding diaryl/α,β-unsaturated/α-hetero) is 1. The fourth-order valence-corrected chi connectivity index (χ4v) is 4.94. The number of amides is 1. The minimum absolute atomic E-state index is 0.0245. The molecule has 1 heterocycles. The molecule has 0 aliphatic heterocycles. The SMILES string of the molecule is CCn1c(SCC(=O)c2ccc(Br)cc2)nnc1[C@H](CCSC)NC(=O)c1ccc(OC)cc1. The number of carbonyl (C=O) groups is 2. The lowest BCUT2D eigenvalue weighted by Crippen LogP contribution is -2.31. The highest BCUT2D eigenvalue weighted by Crippen LogP contribution is 2.25. The summed E-state index contributed by atoms with van der Waals surface area (Å²) in [6.07, 6.45) is 2.74. The van der Waals surface area contributed by atoms with E-state index in [-0.39, 0.29) is 23.5 Å². The molecule has 0 aliphatic carbocycles. The van der Waals surface area contributed by atoms with Crippen LogP contribution in [-0.4, -0.2) is 51.3 Å². The number of ketones is 1. The highest BCUT2D eigenvalue weighted by atomic mass is 79.9. The predicted octanol–water partition coefficient (Wildman–Crippen LogP) is 5.27. The molecular weight excluding hydrogens is 536 g/mol. The second kappa shape index (κ2) is 13.0. The van der Waals surface area contributed by atoms with E-state index in [1.807, 2.05) is 29.9 Å². The number of benzene rings is 2.